The van der Waals surface area contributed by atoms with Crippen LogP contribution in [0.4, 0.5) is 13.2 Å². The van der Waals surface area contributed by atoms with Crippen LogP contribution in [0.2, 0.25) is 0 Å². The fourth-order valence-corrected chi connectivity index (χ4v) is 2.49. The summed E-state index contributed by atoms with van der Waals surface area (Å²) in [6, 6.07) is -0.245. The first kappa shape index (κ1) is 17.6. The van der Waals surface area contributed by atoms with Crippen LogP contribution in [0.25, 0.3) is 0 Å². The zero-order valence-corrected chi connectivity index (χ0v) is 12.2. The molecule has 0 aliphatic carbocycles. The highest BCUT2D eigenvalue weighted by Gasteiger charge is 2.40. The van der Waals surface area contributed by atoms with Gasteiger partial charge in [-0.3, -0.25) is 9.59 Å². The summed E-state index contributed by atoms with van der Waals surface area (Å²) in [4.78, 5) is 22.7. The highest BCUT2D eigenvalue weighted by Crippen LogP contribution is 2.30. The van der Waals surface area contributed by atoms with Crippen molar-refractivity contribution in [1.29, 1.82) is 0 Å². The van der Waals surface area contributed by atoms with Crippen molar-refractivity contribution >= 4 is 12.1 Å². The van der Waals surface area contributed by atoms with Crippen molar-refractivity contribution in [3.05, 3.63) is 11.3 Å². The maximum absolute atomic E-state index is 12.1. The molecule has 1 heterocycles. The molecule has 120 valence electrons. The number of allylic oxidation sites excluding steroid dienone is 1. The molecule has 3 N–H and O–H groups in total. The second-order valence-corrected chi connectivity index (χ2v) is 5.19. The normalized spacial score (nSPS) is 26.4. The van der Waals surface area contributed by atoms with Gasteiger partial charge in [-0.05, 0) is 18.4 Å². The topological polar surface area (TPSA) is 70.2 Å². The van der Waals surface area contributed by atoms with E-state index in [1.54, 1.807) is 0 Å². The van der Waals surface area contributed by atoms with E-state index >= 15 is 0 Å². The Morgan fingerprint density at radius 2 is 2.14 bits per heavy atom. The molecule has 1 aliphatic heterocycles. The summed E-state index contributed by atoms with van der Waals surface area (Å²) in [6.45, 7) is 5.60. The monoisotopic (exact) mass is 307 g/mol. The zero-order valence-electron chi connectivity index (χ0n) is 12.2. The molecular formula is C13H20F3N3O2. The fourth-order valence-electron chi connectivity index (χ4n) is 2.49. The largest absolute Gasteiger partial charge is 0.474 e. The van der Waals surface area contributed by atoms with Crippen molar-refractivity contribution in [1.82, 2.24) is 16.2 Å². The summed E-state index contributed by atoms with van der Waals surface area (Å²) in [5, 5.41) is 3.11. The van der Waals surface area contributed by atoms with E-state index in [1.165, 1.54) is 12.3 Å². The van der Waals surface area contributed by atoms with Crippen molar-refractivity contribution in [2.45, 2.75) is 39.5 Å². The van der Waals surface area contributed by atoms with Crippen LogP contribution in [0, 0.1) is 11.8 Å². The van der Waals surface area contributed by atoms with Gasteiger partial charge in [0.05, 0.1) is 5.92 Å². The van der Waals surface area contributed by atoms with E-state index in [9.17, 15) is 22.8 Å². The van der Waals surface area contributed by atoms with Crippen LogP contribution in [-0.4, -0.2) is 31.0 Å². The lowest BCUT2D eigenvalue weighted by molar-refractivity contribution is -0.164. The molecule has 8 heteroatoms. The quantitative estimate of drug-likeness (QED) is 0.298. The van der Waals surface area contributed by atoms with Gasteiger partial charge in [0.25, 0.3) is 0 Å². The van der Waals surface area contributed by atoms with E-state index in [0.717, 1.165) is 6.42 Å². The molecule has 0 radical (unpaired) electrons. The van der Waals surface area contributed by atoms with Crippen LogP contribution < -0.4 is 16.2 Å². The lowest BCUT2D eigenvalue weighted by Crippen LogP contribution is -2.43. The molecule has 0 bridgehead atoms. The number of aldehydes is 1. The zero-order chi connectivity index (χ0) is 16.2. The van der Waals surface area contributed by atoms with Crippen LogP contribution in [-0.2, 0) is 9.59 Å². The molecule has 3 unspecified atom stereocenters. The molecule has 1 aliphatic rings. The SMILES string of the molecule is CCC(C)C1NCC(=C(C)NNC(F)(F)F)C1C(=O)C=O. The molecule has 0 saturated carbocycles. The number of hydrazine groups is 1. The Morgan fingerprint density at radius 1 is 1.52 bits per heavy atom. The molecule has 1 rings (SSSR count). The van der Waals surface area contributed by atoms with Gasteiger partial charge in [0.15, 0.2) is 6.29 Å². The number of ketones is 1. The summed E-state index contributed by atoms with van der Waals surface area (Å²) < 4.78 is 36.4. The van der Waals surface area contributed by atoms with Gasteiger partial charge < -0.3 is 10.7 Å². The molecule has 0 aromatic rings. The molecule has 21 heavy (non-hydrogen) atoms. The second kappa shape index (κ2) is 7.04. The van der Waals surface area contributed by atoms with Gasteiger partial charge in [0, 0.05) is 18.3 Å². The van der Waals surface area contributed by atoms with Gasteiger partial charge in [0.1, 0.15) is 0 Å². The van der Waals surface area contributed by atoms with Crippen molar-refractivity contribution in [2.24, 2.45) is 11.8 Å². The number of hydrogen-bond acceptors (Lipinski definition) is 5. The van der Waals surface area contributed by atoms with E-state index in [4.69, 9.17) is 0 Å². The number of rotatable bonds is 6. The third-order valence-corrected chi connectivity index (χ3v) is 3.82. The Kier molecular flexibility index (Phi) is 5.91. The van der Waals surface area contributed by atoms with Crippen molar-refractivity contribution in [3.8, 4) is 0 Å². The molecule has 0 aromatic heterocycles. The Balaban J connectivity index is 2.99. The van der Waals surface area contributed by atoms with Gasteiger partial charge in [-0.15, -0.1) is 5.43 Å². The van der Waals surface area contributed by atoms with E-state index in [0.29, 0.717) is 5.57 Å². The maximum atomic E-state index is 12.1. The van der Waals surface area contributed by atoms with Gasteiger partial charge in [0.2, 0.25) is 5.78 Å². The van der Waals surface area contributed by atoms with Gasteiger partial charge >= 0.3 is 6.30 Å². The second-order valence-electron chi connectivity index (χ2n) is 5.19. The molecule has 3 atom stereocenters. The standard InChI is InChI=1S/C13H20F3N3O2/c1-4-7(2)12-11(10(21)6-20)9(5-17-12)8(3)18-19-13(14,15)16/h6-7,11-12,17-19H,4-5H2,1-3H3. The predicted molar refractivity (Wildman–Crippen MR) is 70.8 cm³/mol. The van der Waals surface area contributed by atoms with Crippen LogP contribution in [0.15, 0.2) is 11.3 Å². The van der Waals surface area contributed by atoms with E-state index in [2.05, 4.69) is 5.32 Å². The predicted octanol–water partition coefficient (Wildman–Crippen LogP) is 1.28. The molecule has 1 saturated heterocycles. The van der Waals surface area contributed by atoms with Crippen LogP contribution in [0.3, 0.4) is 0 Å². The van der Waals surface area contributed by atoms with Crippen LogP contribution in [0.5, 0.6) is 0 Å². The number of carbonyl (C=O) groups is 2. The minimum absolute atomic E-state index is 0.125. The summed E-state index contributed by atoms with van der Waals surface area (Å²) >= 11 is 0. The van der Waals surface area contributed by atoms with E-state index in [-0.39, 0.29) is 30.5 Å². The number of halogens is 3. The minimum Gasteiger partial charge on any atom is -0.319 e. The third-order valence-electron chi connectivity index (χ3n) is 3.82. The molecule has 5 nitrogen and oxygen atoms in total. The van der Waals surface area contributed by atoms with Gasteiger partial charge in [-0.1, -0.05) is 20.3 Å². The minimum atomic E-state index is -4.58. The van der Waals surface area contributed by atoms with E-state index < -0.39 is 18.0 Å². The first-order chi connectivity index (χ1) is 9.71. The maximum Gasteiger partial charge on any atom is 0.474 e. The molecule has 0 amide bonds. The third kappa shape index (κ3) is 4.53. The Labute approximate surface area is 121 Å². The lowest BCUT2D eigenvalue weighted by atomic mass is 9.83. The van der Waals surface area contributed by atoms with Gasteiger partial charge in [-0.25, -0.2) is 0 Å². The molecular weight excluding hydrogens is 287 g/mol. The van der Waals surface area contributed by atoms with Crippen LogP contribution in [0.1, 0.15) is 27.2 Å². The number of nitrogens with one attached hydrogen (secondary N) is 3. The average Bonchev–Trinajstić information content (AvgIpc) is 2.86. The van der Waals surface area contributed by atoms with Crippen molar-refractivity contribution < 1.29 is 22.8 Å². The smallest absolute Gasteiger partial charge is 0.319 e. The summed E-state index contributed by atoms with van der Waals surface area (Å²) in [7, 11) is 0. The van der Waals surface area contributed by atoms with Crippen LogP contribution >= 0.6 is 0 Å². The molecule has 0 spiro atoms. The highest BCUT2D eigenvalue weighted by atomic mass is 19.4. The first-order valence-corrected chi connectivity index (χ1v) is 6.73. The van der Waals surface area contributed by atoms with E-state index in [1.807, 2.05) is 19.3 Å². The lowest BCUT2D eigenvalue weighted by Gasteiger charge is -2.24. The highest BCUT2D eigenvalue weighted by molar-refractivity contribution is 6.27. The summed E-state index contributed by atoms with van der Waals surface area (Å²) in [6.07, 6.45) is -3.55. The van der Waals surface area contributed by atoms with Gasteiger partial charge in [-0.2, -0.15) is 13.2 Å². The summed E-state index contributed by atoms with van der Waals surface area (Å²) in [5.74, 6) is -1.21. The average molecular weight is 307 g/mol. The number of alkyl halides is 3. The number of carbonyl (C=O) groups excluding carboxylic acids is 2. The first-order valence-electron chi connectivity index (χ1n) is 6.73. The fraction of sp³-hybridized carbons (Fsp3) is 0.692. The number of Topliss-reactive ketones (excluding diaryl/α,β-unsaturated/α-hetero) is 1. The molecule has 1 fully saturated rings. The Morgan fingerprint density at radius 3 is 2.62 bits per heavy atom. The van der Waals surface area contributed by atoms with Crippen molar-refractivity contribution in [2.75, 3.05) is 6.54 Å². The molecule has 0 aromatic carbocycles. The summed E-state index contributed by atoms with van der Waals surface area (Å²) in [5.41, 5.74) is 3.93. The van der Waals surface area contributed by atoms with Crippen molar-refractivity contribution in [3.63, 3.8) is 0 Å². The Hall–Kier alpha value is -1.41. The number of hydrogen-bond donors (Lipinski definition) is 3. The Bertz CT molecular complexity index is 435.